The Kier molecular flexibility index (Phi) is 5.29. The minimum absolute atomic E-state index is 0.182. The first-order valence-electron chi connectivity index (χ1n) is 5.38. The zero-order chi connectivity index (χ0) is 13.5. The van der Waals surface area contributed by atoms with Gasteiger partial charge < -0.3 is 14.9 Å². The topological polar surface area (TPSA) is 95.9 Å². The average Bonchev–Trinajstić information content (AvgIpc) is 2.30. The molecule has 0 saturated carbocycles. The summed E-state index contributed by atoms with van der Waals surface area (Å²) in [7, 11) is 0. The van der Waals surface area contributed by atoms with Crippen molar-refractivity contribution in [3.05, 3.63) is 29.8 Å². The molecule has 98 valence electrons. The van der Waals surface area contributed by atoms with Crippen LogP contribution >= 0.6 is 0 Å². The zero-order valence-electron chi connectivity index (χ0n) is 9.92. The van der Waals surface area contributed by atoms with E-state index in [1.54, 1.807) is 24.3 Å². The van der Waals surface area contributed by atoms with Crippen LogP contribution < -0.4 is 10.1 Å². The second-order valence-electron chi connectivity index (χ2n) is 3.66. The van der Waals surface area contributed by atoms with Crippen LogP contribution in [0.3, 0.4) is 0 Å². The molecule has 3 N–H and O–H groups in total. The molecule has 6 heteroatoms. The highest BCUT2D eigenvalue weighted by molar-refractivity contribution is 5.73. The predicted molar refractivity (Wildman–Crippen MR) is 63.1 cm³/mol. The van der Waals surface area contributed by atoms with Gasteiger partial charge in [-0.05, 0) is 6.07 Å². The summed E-state index contributed by atoms with van der Waals surface area (Å²) in [5.41, 5.74) is 0.646. The first kappa shape index (κ1) is 14.1. The summed E-state index contributed by atoms with van der Waals surface area (Å²) >= 11 is 0. The van der Waals surface area contributed by atoms with Crippen molar-refractivity contribution in [2.75, 3.05) is 6.61 Å². The van der Waals surface area contributed by atoms with Gasteiger partial charge in [-0.15, -0.1) is 0 Å². The summed E-state index contributed by atoms with van der Waals surface area (Å²) < 4.78 is 4.98. The van der Waals surface area contributed by atoms with Crippen molar-refractivity contribution < 1.29 is 24.5 Å². The van der Waals surface area contributed by atoms with Crippen LogP contribution in [0.4, 0.5) is 0 Å². The first-order valence-corrected chi connectivity index (χ1v) is 5.38. The van der Waals surface area contributed by atoms with Crippen molar-refractivity contribution in [1.29, 1.82) is 0 Å². The fourth-order valence-electron chi connectivity index (χ4n) is 1.37. The number of ether oxygens (including phenoxy) is 1. The molecular formula is C12H15NO5. The Bertz CT molecular complexity index is 432. The molecular weight excluding hydrogens is 238 g/mol. The van der Waals surface area contributed by atoms with Gasteiger partial charge in [0.05, 0.1) is 6.61 Å². The molecule has 0 aliphatic heterocycles. The number of esters is 1. The number of carbonyl (C=O) groups excluding carboxylic acids is 1. The van der Waals surface area contributed by atoms with Crippen LogP contribution in [0.25, 0.3) is 0 Å². The van der Waals surface area contributed by atoms with Crippen molar-refractivity contribution in [2.45, 2.75) is 19.5 Å². The van der Waals surface area contributed by atoms with Gasteiger partial charge in [0.2, 0.25) is 0 Å². The van der Waals surface area contributed by atoms with Gasteiger partial charge in [0.15, 0.2) is 0 Å². The van der Waals surface area contributed by atoms with Crippen molar-refractivity contribution in [3.63, 3.8) is 0 Å². The van der Waals surface area contributed by atoms with E-state index in [1.807, 2.05) is 0 Å². The first-order chi connectivity index (χ1) is 8.54. The third kappa shape index (κ3) is 4.15. The van der Waals surface area contributed by atoms with E-state index in [4.69, 9.17) is 14.9 Å². The lowest BCUT2D eigenvalue weighted by Gasteiger charge is -2.13. The standard InChI is InChI=1S/C12H15NO5/c1-8(15)18-11-5-3-2-4-9(11)6-13-10(7-14)12(16)17/h2-5,10,13-14H,6-7H2,1H3,(H,16,17). The van der Waals surface area contributed by atoms with E-state index in [-0.39, 0.29) is 6.54 Å². The quantitative estimate of drug-likeness (QED) is 0.493. The number of carboxylic acid groups (broad SMARTS) is 1. The molecule has 0 spiro atoms. The van der Waals surface area contributed by atoms with Crippen LogP contribution in [0.2, 0.25) is 0 Å². The average molecular weight is 253 g/mol. The number of hydrogen-bond acceptors (Lipinski definition) is 5. The Labute approximate surface area is 104 Å². The Balaban J connectivity index is 2.71. The number of carbonyl (C=O) groups is 2. The number of benzene rings is 1. The predicted octanol–water partition coefficient (Wildman–Crippen LogP) is 0.147. The molecule has 0 heterocycles. The van der Waals surface area contributed by atoms with Crippen LogP contribution in [0.15, 0.2) is 24.3 Å². The highest BCUT2D eigenvalue weighted by atomic mass is 16.5. The smallest absolute Gasteiger partial charge is 0.323 e. The molecule has 0 aromatic heterocycles. The molecule has 1 rings (SSSR count). The van der Waals surface area contributed by atoms with Crippen LogP contribution in [0, 0.1) is 0 Å². The van der Waals surface area contributed by atoms with Crippen LogP contribution in [0.5, 0.6) is 5.75 Å². The number of hydrogen-bond donors (Lipinski definition) is 3. The number of aliphatic hydroxyl groups is 1. The van der Waals surface area contributed by atoms with Gasteiger partial charge in [-0.1, -0.05) is 18.2 Å². The molecule has 0 saturated heterocycles. The summed E-state index contributed by atoms with van der Waals surface area (Å²) in [6, 6.07) is 5.74. The maximum atomic E-state index is 10.9. The molecule has 0 bridgehead atoms. The summed E-state index contributed by atoms with van der Waals surface area (Å²) in [4.78, 5) is 21.6. The number of aliphatic hydroxyl groups excluding tert-OH is 1. The molecule has 1 unspecified atom stereocenters. The SMILES string of the molecule is CC(=O)Oc1ccccc1CNC(CO)C(=O)O. The summed E-state index contributed by atoms with van der Waals surface area (Å²) in [5.74, 6) is -1.21. The Hall–Kier alpha value is -1.92. The summed E-state index contributed by atoms with van der Waals surface area (Å²) in [6.07, 6.45) is 0. The second kappa shape index (κ2) is 6.73. The van der Waals surface area contributed by atoms with Gasteiger partial charge in [0.25, 0.3) is 0 Å². The molecule has 0 radical (unpaired) electrons. The maximum absolute atomic E-state index is 10.9. The van der Waals surface area contributed by atoms with Gasteiger partial charge >= 0.3 is 11.9 Å². The molecule has 6 nitrogen and oxygen atoms in total. The molecule has 1 aromatic rings. The van der Waals surface area contributed by atoms with Crippen molar-refractivity contribution in [1.82, 2.24) is 5.32 Å². The fraction of sp³-hybridized carbons (Fsp3) is 0.333. The second-order valence-corrected chi connectivity index (χ2v) is 3.66. The Morgan fingerprint density at radius 1 is 1.39 bits per heavy atom. The number of rotatable bonds is 6. The van der Waals surface area contributed by atoms with Crippen LogP contribution in [-0.2, 0) is 16.1 Å². The monoisotopic (exact) mass is 253 g/mol. The maximum Gasteiger partial charge on any atom is 0.323 e. The number of carboxylic acids is 1. The van der Waals surface area contributed by atoms with Gasteiger partial charge in [-0.25, -0.2) is 0 Å². The van der Waals surface area contributed by atoms with Crippen molar-refractivity contribution in [3.8, 4) is 5.75 Å². The van der Waals surface area contributed by atoms with Gasteiger partial charge in [0.1, 0.15) is 11.8 Å². The normalized spacial score (nSPS) is 11.9. The highest BCUT2D eigenvalue weighted by Crippen LogP contribution is 2.17. The highest BCUT2D eigenvalue weighted by Gasteiger charge is 2.16. The molecule has 0 aliphatic rings. The summed E-state index contributed by atoms with van der Waals surface area (Å²) in [5, 5.41) is 20.3. The third-order valence-corrected chi connectivity index (χ3v) is 2.25. The van der Waals surface area contributed by atoms with Crippen molar-refractivity contribution >= 4 is 11.9 Å². The van der Waals surface area contributed by atoms with Gasteiger partial charge in [0, 0.05) is 19.0 Å². The Morgan fingerprint density at radius 3 is 2.61 bits per heavy atom. The number of nitrogens with one attached hydrogen (secondary N) is 1. The number of para-hydroxylation sites is 1. The minimum Gasteiger partial charge on any atom is -0.480 e. The van der Waals surface area contributed by atoms with E-state index in [9.17, 15) is 9.59 Å². The van der Waals surface area contributed by atoms with Crippen molar-refractivity contribution in [2.24, 2.45) is 0 Å². The van der Waals surface area contributed by atoms with E-state index in [0.717, 1.165) is 0 Å². The van der Waals surface area contributed by atoms with E-state index in [0.29, 0.717) is 11.3 Å². The minimum atomic E-state index is -1.14. The molecule has 18 heavy (non-hydrogen) atoms. The fourth-order valence-corrected chi connectivity index (χ4v) is 1.37. The van der Waals surface area contributed by atoms with E-state index in [1.165, 1.54) is 6.92 Å². The van der Waals surface area contributed by atoms with E-state index in [2.05, 4.69) is 5.32 Å². The number of aliphatic carboxylic acids is 1. The molecule has 0 fully saturated rings. The molecule has 1 aromatic carbocycles. The molecule has 0 aliphatic carbocycles. The zero-order valence-corrected chi connectivity index (χ0v) is 9.92. The lowest BCUT2D eigenvalue weighted by atomic mass is 10.2. The van der Waals surface area contributed by atoms with E-state index >= 15 is 0 Å². The third-order valence-electron chi connectivity index (χ3n) is 2.25. The van der Waals surface area contributed by atoms with Gasteiger partial charge in [-0.2, -0.15) is 0 Å². The molecule has 1 atom stereocenters. The largest absolute Gasteiger partial charge is 0.480 e. The van der Waals surface area contributed by atoms with Crippen LogP contribution in [0.1, 0.15) is 12.5 Å². The summed E-state index contributed by atoms with van der Waals surface area (Å²) in [6.45, 7) is 0.962. The van der Waals surface area contributed by atoms with Crippen LogP contribution in [-0.4, -0.2) is 34.8 Å². The van der Waals surface area contributed by atoms with Gasteiger partial charge in [-0.3, -0.25) is 14.9 Å². The lowest BCUT2D eigenvalue weighted by molar-refractivity contribution is -0.140. The van der Waals surface area contributed by atoms with E-state index < -0.39 is 24.6 Å². The Morgan fingerprint density at radius 2 is 2.06 bits per heavy atom. The lowest BCUT2D eigenvalue weighted by Crippen LogP contribution is -2.39. The molecule has 0 amide bonds.